The number of hydrogen-bond donors (Lipinski definition) is 1. The Hall–Kier alpha value is -3.71. The molecule has 1 fully saturated rings. The summed E-state index contributed by atoms with van der Waals surface area (Å²) in [6, 6.07) is 23.9. The van der Waals surface area contributed by atoms with Crippen LogP contribution in [0.4, 0.5) is 10.1 Å². The Bertz CT molecular complexity index is 1260. The van der Waals surface area contributed by atoms with E-state index in [0.717, 1.165) is 22.8 Å². The highest BCUT2D eigenvalue weighted by Gasteiger charge is 2.42. The van der Waals surface area contributed by atoms with Crippen LogP contribution in [-0.2, 0) is 0 Å². The predicted octanol–water partition coefficient (Wildman–Crippen LogP) is 5.59. The highest BCUT2D eigenvalue weighted by atomic mass is 32.1. The second-order valence-corrected chi connectivity index (χ2v) is 8.06. The fourth-order valence-corrected chi connectivity index (χ4v) is 4.64. The van der Waals surface area contributed by atoms with Crippen LogP contribution >= 0.6 is 12.2 Å². The van der Waals surface area contributed by atoms with Gasteiger partial charge < -0.3 is 19.5 Å². The summed E-state index contributed by atoms with van der Waals surface area (Å²) >= 11 is 5.71. The number of thiocarbonyl (C=S) groups is 1. The summed E-state index contributed by atoms with van der Waals surface area (Å²) in [7, 11) is 0. The van der Waals surface area contributed by atoms with Gasteiger partial charge in [0, 0.05) is 23.8 Å². The van der Waals surface area contributed by atoms with Crippen molar-refractivity contribution in [2.75, 3.05) is 11.5 Å². The molecule has 1 aliphatic rings. The Morgan fingerprint density at radius 2 is 1.79 bits per heavy atom. The summed E-state index contributed by atoms with van der Waals surface area (Å²) in [5.74, 6) is 0.491. The molecule has 2 aromatic heterocycles. The summed E-state index contributed by atoms with van der Waals surface area (Å²) in [5, 5.41) is 3.84. The quantitative estimate of drug-likeness (QED) is 0.382. The number of pyridine rings is 1. The van der Waals surface area contributed by atoms with Gasteiger partial charge in [-0.25, -0.2) is 4.39 Å². The second kappa shape index (κ2) is 9.03. The summed E-state index contributed by atoms with van der Waals surface area (Å²) < 4.78 is 22.6. The lowest BCUT2D eigenvalue weighted by Gasteiger charge is -2.29. The molecular formula is C26H23FN4OS. The lowest BCUT2D eigenvalue weighted by atomic mass is 10.0. The molecule has 0 unspecified atom stereocenters. The fraction of sp³-hybridized carbons (Fsp3) is 0.154. The highest BCUT2D eigenvalue weighted by molar-refractivity contribution is 7.80. The van der Waals surface area contributed by atoms with Gasteiger partial charge in [0.2, 0.25) is 0 Å². The van der Waals surface area contributed by atoms with Crippen LogP contribution in [0.5, 0.6) is 5.75 Å². The Balaban J connectivity index is 1.63. The van der Waals surface area contributed by atoms with Crippen LogP contribution in [0.15, 0.2) is 91.3 Å². The smallest absolute Gasteiger partial charge is 0.174 e. The number of benzene rings is 2. The van der Waals surface area contributed by atoms with Crippen LogP contribution in [0.25, 0.3) is 5.69 Å². The first-order chi connectivity index (χ1) is 16.2. The molecule has 2 atom stereocenters. The van der Waals surface area contributed by atoms with Crippen molar-refractivity contribution in [2.24, 2.45) is 0 Å². The van der Waals surface area contributed by atoms with Gasteiger partial charge in [-0.05, 0) is 79.8 Å². The molecule has 0 bridgehead atoms. The SMILES string of the molecule is CCOc1ccc(-n2cccc2[C@@H]2[C@H](c3ccccn3)NC(=S)N2c2ccccc2F)cc1. The molecule has 1 N–H and O–H groups in total. The van der Waals surface area contributed by atoms with Gasteiger partial charge in [0.25, 0.3) is 0 Å². The minimum absolute atomic E-state index is 0.255. The number of hydrogen-bond acceptors (Lipinski definition) is 3. The summed E-state index contributed by atoms with van der Waals surface area (Å²) in [6.45, 7) is 2.58. The molecule has 0 aliphatic carbocycles. The van der Waals surface area contributed by atoms with Gasteiger partial charge >= 0.3 is 0 Å². The molecule has 1 aliphatic heterocycles. The number of aromatic nitrogens is 2. The zero-order chi connectivity index (χ0) is 22.8. The van der Waals surface area contributed by atoms with Crippen LogP contribution in [0.3, 0.4) is 0 Å². The number of para-hydroxylation sites is 1. The van der Waals surface area contributed by atoms with E-state index in [1.165, 1.54) is 6.07 Å². The first kappa shape index (κ1) is 21.2. The van der Waals surface area contributed by atoms with E-state index in [1.54, 1.807) is 18.3 Å². The van der Waals surface area contributed by atoms with Gasteiger partial charge in [-0.1, -0.05) is 18.2 Å². The molecule has 0 saturated carbocycles. The normalized spacial score (nSPS) is 17.8. The summed E-state index contributed by atoms with van der Waals surface area (Å²) in [4.78, 5) is 6.42. The van der Waals surface area contributed by atoms with Gasteiger partial charge in [0.15, 0.2) is 5.11 Å². The maximum Gasteiger partial charge on any atom is 0.174 e. The van der Waals surface area contributed by atoms with Crippen molar-refractivity contribution < 1.29 is 9.13 Å². The van der Waals surface area contributed by atoms with Crippen molar-refractivity contribution in [3.05, 3.63) is 108 Å². The third-order valence-corrected chi connectivity index (χ3v) is 6.03. The number of rotatable bonds is 6. The minimum Gasteiger partial charge on any atom is -0.494 e. The maximum atomic E-state index is 14.9. The molecule has 2 aromatic carbocycles. The van der Waals surface area contributed by atoms with Crippen molar-refractivity contribution in [1.82, 2.24) is 14.9 Å². The van der Waals surface area contributed by atoms with E-state index in [4.69, 9.17) is 17.0 Å². The molecule has 4 aromatic rings. The first-order valence-corrected chi connectivity index (χ1v) is 11.2. The summed E-state index contributed by atoms with van der Waals surface area (Å²) in [5.41, 5.74) is 3.20. The Morgan fingerprint density at radius 1 is 1.00 bits per heavy atom. The van der Waals surface area contributed by atoms with E-state index in [-0.39, 0.29) is 17.9 Å². The molecule has 0 amide bonds. The largest absolute Gasteiger partial charge is 0.494 e. The molecular weight excluding hydrogens is 435 g/mol. The maximum absolute atomic E-state index is 14.9. The number of halogens is 1. The van der Waals surface area contributed by atoms with Gasteiger partial charge in [-0.2, -0.15) is 0 Å². The molecule has 166 valence electrons. The van der Waals surface area contributed by atoms with Gasteiger partial charge in [-0.3, -0.25) is 4.98 Å². The Labute approximate surface area is 197 Å². The number of anilines is 1. The molecule has 5 nitrogen and oxygen atoms in total. The third-order valence-electron chi connectivity index (χ3n) is 5.72. The Morgan fingerprint density at radius 3 is 2.52 bits per heavy atom. The van der Waals surface area contributed by atoms with Crippen molar-refractivity contribution in [1.29, 1.82) is 0 Å². The van der Waals surface area contributed by atoms with Gasteiger partial charge in [0.05, 0.1) is 24.0 Å². The Kier molecular flexibility index (Phi) is 5.79. The fourth-order valence-electron chi connectivity index (χ4n) is 4.30. The van der Waals surface area contributed by atoms with Crippen molar-refractivity contribution in [3.63, 3.8) is 0 Å². The van der Waals surface area contributed by atoms with Crippen molar-refractivity contribution >= 4 is 23.0 Å². The standard InChI is InChI=1S/C26H23FN4OS/c1-2-32-19-14-12-18(13-15-19)30-17-7-11-23(30)25-24(21-9-5-6-16-28-21)29-26(33)31(25)22-10-4-3-8-20(22)27/h3-17,24-25H,2H2,1H3,(H,29,33)/t24-,25+/m0/s1. The molecule has 0 radical (unpaired) electrons. The number of nitrogens with zero attached hydrogens (tertiary/aromatic N) is 3. The van der Waals surface area contributed by atoms with E-state index < -0.39 is 0 Å². The lowest BCUT2D eigenvalue weighted by Crippen LogP contribution is -2.31. The minimum atomic E-state index is -0.326. The molecule has 1 saturated heterocycles. The zero-order valence-electron chi connectivity index (χ0n) is 18.1. The monoisotopic (exact) mass is 458 g/mol. The molecule has 3 heterocycles. The van der Waals surface area contributed by atoms with E-state index in [1.807, 2.05) is 78.7 Å². The number of ether oxygens (including phenoxy) is 1. The van der Waals surface area contributed by atoms with E-state index >= 15 is 0 Å². The topological polar surface area (TPSA) is 42.3 Å². The zero-order valence-corrected chi connectivity index (χ0v) is 18.9. The van der Waals surface area contributed by atoms with Crippen molar-refractivity contribution in [2.45, 2.75) is 19.0 Å². The van der Waals surface area contributed by atoms with Crippen LogP contribution in [0.1, 0.15) is 30.4 Å². The van der Waals surface area contributed by atoms with E-state index in [2.05, 4.69) is 14.9 Å². The van der Waals surface area contributed by atoms with Crippen molar-refractivity contribution in [3.8, 4) is 11.4 Å². The van der Waals surface area contributed by atoms with E-state index in [0.29, 0.717) is 17.4 Å². The molecule has 7 heteroatoms. The third kappa shape index (κ3) is 3.96. The second-order valence-electron chi connectivity index (χ2n) is 7.68. The van der Waals surface area contributed by atoms with Crippen LogP contribution in [0, 0.1) is 5.82 Å². The molecule has 0 spiro atoms. The van der Waals surface area contributed by atoms with Gasteiger partial charge in [0.1, 0.15) is 17.6 Å². The van der Waals surface area contributed by atoms with Gasteiger partial charge in [-0.15, -0.1) is 0 Å². The first-order valence-electron chi connectivity index (χ1n) is 10.8. The van der Waals surface area contributed by atoms with E-state index in [9.17, 15) is 4.39 Å². The highest BCUT2D eigenvalue weighted by Crippen LogP contribution is 2.42. The van der Waals surface area contributed by atoms with Crippen LogP contribution < -0.4 is 15.0 Å². The average molecular weight is 459 g/mol. The average Bonchev–Trinajstić information content (AvgIpc) is 3.45. The number of nitrogens with one attached hydrogen (secondary N) is 1. The lowest BCUT2D eigenvalue weighted by molar-refractivity contribution is 0.340. The van der Waals surface area contributed by atoms with Crippen LogP contribution in [0.2, 0.25) is 0 Å². The molecule has 5 rings (SSSR count). The van der Waals surface area contributed by atoms with Crippen LogP contribution in [-0.4, -0.2) is 21.3 Å². The summed E-state index contributed by atoms with van der Waals surface area (Å²) in [6.07, 6.45) is 3.76. The molecule has 33 heavy (non-hydrogen) atoms. The predicted molar refractivity (Wildman–Crippen MR) is 131 cm³/mol.